The average Bonchev–Trinajstić information content (AvgIpc) is 2.16. The van der Waals surface area contributed by atoms with Crippen LogP contribution in [0.5, 0.6) is 0 Å². The first-order valence-corrected chi connectivity index (χ1v) is 4.26. The molecule has 0 atom stereocenters. The van der Waals surface area contributed by atoms with Gasteiger partial charge >= 0.3 is 0 Å². The van der Waals surface area contributed by atoms with E-state index in [1.54, 1.807) is 13.1 Å². The van der Waals surface area contributed by atoms with Gasteiger partial charge in [-0.2, -0.15) is 0 Å². The van der Waals surface area contributed by atoms with Crippen molar-refractivity contribution in [2.45, 2.75) is 19.3 Å². The molecule has 0 heterocycles. The van der Waals surface area contributed by atoms with E-state index in [4.69, 9.17) is 11.5 Å². The van der Waals surface area contributed by atoms with Gasteiger partial charge in [-0.05, 0) is 19.6 Å². The Bertz CT molecular complexity index is 211. The zero-order chi connectivity index (χ0) is 10.1. The van der Waals surface area contributed by atoms with Crippen LogP contribution < -0.4 is 5.73 Å². The van der Waals surface area contributed by atoms with E-state index in [9.17, 15) is 0 Å². The summed E-state index contributed by atoms with van der Waals surface area (Å²) in [6, 6.07) is 0. The second-order valence-electron chi connectivity index (χ2n) is 2.63. The van der Waals surface area contributed by atoms with Crippen LogP contribution in [0.4, 0.5) is 0 Å². The van der Waals surface area contributed by atoms with Crippen molar-refractivity contribution in [1.82, 2.24) is 0 Å². The van der Waals surface area contributed by atoms with E-state index in [-0.39, 0.29) is 37.7 Å². The number of rotatable bonds is 6. The van der Waals surface area contributed by atoms with Gasteiger partial charge in [-0.3, -0.25) is 9.98 Å². The molecule has 78 valence electrons. The molecule has 0 radical (unpaired) electrons. The molecule has 0 aromatic carbocycles. The predicted octanol–water partition coefficient (Wildman–Crippen LogP) is 1.78. The molecule has 0 bridgehead atoms. The fraction of sp³-hybridized carbons (Fsp3) is 0.556. The minimum absolute atomic E-state index is 0. The SMILES string of the molecule is C=N/C(=C/C[NH-])CCCC(N)=NC.[U]. The Morgan fingerprint density at radius 1 is 1.50 bits per heavy atom. The van der Waals surface area contributed by atoms with Gasteiger partial charge < -0.3 is 11.5 Å². The topological polar surface area (TPSA) is 74.5 Å². The predicted molar refractivity (Wildman–Crippen MR) is 58.2 cm³/mol. The van der Waals surface area contributed by atoms with E-state index < -0.39 is 0 Å². The van der Waals surface area contributed by atoms with Gasteiger partial charge in [0.1, 0.15) is 0 Å². The Morgan fingerprint density at radius 3 is 2.57 bits per heavy atom. The normalized spacial score (nSPS) is 12.1. The van der Waals surface area contributed by atoms with Crippen molar-refractivity contribution in [3.63, 3.8) is 0 Å². The zero-order valence-electron chi connectivity index (χ0n) is 8.58. The maximum Gasteiger partial charge on any atom is 0.0933 e. The van der Waals surface area contributed by atoms with Gasteiger partial charge in [0.05, 0.1) is 5.84 Å². The molecule has 14 heavy (non-hydrogen) atoms. The molecule has 0 unspecified atom stereocenters. The number of allylic oxidation sites excluding steroid dienone is 1. The Hall–Kier alpha value is -0.108. The minimum atomic E-state index is 0. The summed E-state index contributed by atoms with van der Waals surface area (Å²) in [7, 11) is 1.68. The van der Waals surface area contributed by atoms with Gasteiger partial charge in [0, 0.05) is 50.3 Å². The van der Waals surface area contributed by atoms with E-state index in [0.29, 0.717) is 5.84 Å². The van der Waals surface area contributed by atoms with E-state index in [0.717, 1.165) is 25.0 Å². The molecule has 0 spiro atoms. The number of aliphatic imine (C=N–C) groups is 2. The molecule has 0 saturated carbocycles. The van der Waals surface area contributed by atoms with Crippen molar-refractivity contribution >= 4 is 12.6 Å². The number of hydrogen-bond donors (Lipinski definition) is 1. The Morgan fingerprint density at radius 2 is 2.14 bits per heavy atom. The van der Waals surface area contributed by atoms with Crippen LogP contribution in [-0.2, 0) is 0 Å². The van der Waals surface area contributed by atoms with Crippen molar-refractivity contribution in [2.24, 2.45) is 15.7 Å². The Kier molecular flexibility index (Phi) is 12.8. The third-order valence-corrected chi connectivity index (χ3v) is 1.69. The number of hydrogen-bond acceptors (Lipinski definition) is 2. The van der Waals surface area contributed by atoms with Crippen LogP contribution in [0.15, 0.2) is 21.8 Å². The monoisotopic (exact) mass is 419 g/mol. The second kappa shape index (κ2) is 11.0. The molecule has 0 saturated heterocycles. The molecule has 0 aliphatic heterocycles. The number of nitrogens with one attached hydrogen (secondary N) is 1. The molecule has 3 N–H and O–H groups in total. The first kappa shape index (κ1) is 16.3. The molecule has 5 heteroatoms. The standard InChI is InChI=1S/C9H17N4.U/c1-12-8(6-7-10)4-3-5-9(11)13-2;/h6,10H,1,3-5,7H2,2H3,(H2,11,13);/q-1;/b8-6+;. The summed E-state index contributed by atoms with van der Waals surface area (Å²) in [4.78, 5) is 7.66. The maximum absolute atomic E-state index is 6.98. The van der Waals surface area contributed by atoms with Crippen LogP contribution in [0.3, 0.4) is 0 Å². The van der Waals surface area contributed by atoms with Gasteiger partial charge in [-0.15, -0.1) is 6.54 Å². The maximum atomic E-state index is 6.98. The van der Waals surface area contributed by atoms with E-state index >= 15 is 0 Å². The van der Waals surface area contributed by atoms with Crippen molar-refractivity contribution in [1.29, 1.82) is 0 Å². The van der Waals surface area contributed by atoms with Gasteiger partial charge in [0.15, 0.2) is 0 Å². The number of amidine groups is 1. The molecule has 0 amide bonds. The minimum Gasteiger partial charge on any atom is -0.674 e. The van der Waals surface area contributed by atoms with Crippen molar-refractivity contribution in [2.75, 3.05) is 13.6 Å². The molecule has 0 aromatic rings. The van der Waals surface area contributed by atoms with Gasteiger partial charge in [-0.1, -0.05) is 6.08 Å². The molecule has 0 aliphatic carbocycles. The van der Waals surface area contributed by atoms with Gasteiger partial charge in [-0.25, -0.2) is 0 Å². The van der Waals surface area contributed by atoms with Crippen LogP contribution in [-0.4, -0.2) is 26.1 Å². The second-order valence-corrected chi connectivity index (χ2v) is 2.63. The zero-order valence-corrected chi connectivity index (χ0v) is 12.7. The fourth-order valence-corrected chi connectivity index (χ4v) is 0.926. The summed E-state index contributed by atoms with van der Waals surface area (Å²) < 4.78 is 0. The number of nitrogens with two attached hydrogens (primary N) is 1. The molecule has 0 fully saturated rings. The third kappa shape index (κ3) is 8.49. The quantitative estimate of drug-likeness (QED) is 0.517. The average molecular weight is 419 g/mol. The molecule has 0 aliphatic rings. The molecule has 0 aromatic heterocycles. The van der Waals surface area contributed by atoms with Gasteiger partial charge in [0.2, 0.25) is 0 Å². The van der Waals surface area contributed by atoms with Crippen LogP contribution in [0.1, 0.15) is 19.3 Å². The third-order valence-electron chi connectivity index (χ3n) is 1.69. The van der Waals surface area contributed by atoms with Crippen molar-refractivity contribution in [3.05, 3.63) is 17.5 Å². The van der Waals surface area contributed by atoms with E-state index in [1.807, 2.05) is 0 Å². The van der Waals surface area contributed by atoms with Crippen LogP contribution in [0, 0.1) is 31.1 Å². The Balaban J connectivity index is 0. The summed E-state index contributed by atoms with van der Waals surface area (Å²) >= 11 is 0. The first-order chi connectivity index (χ1) is 6.24. The fourth-order valence-electron chi connectivity index (χ4n) is 0.926. The van der Waals surface area contributed by atoms with Crippen LogP contribution in [0.2, 0.25) is 0 Å². The summed E-state index contributed by atoms with van der Waals surface area (Å²) in [6.07, 6.45) is 4.26. The van der Waals surface area contributed by atoms with Crippen LogP contribution >= 0.6 is 0 Å². The summed E-state index contributed by atoms with van der Waals surface area (Å²) in [6.45, 7) is 3.69. The Labute approximate surface area is 109 Å². The summed E-state index contributed by atoms with van der Waals surface area (Å²) in [5.41, 5.74) is 13.4. The molecular weight excluding hydrogens is 402 g/mol. The number of nitrogens with zero attached hydrogens (tertiary/aromatic N) is 2. The van der Waals surface area contributed by atoms with Gasteiger partial charge in [0.25, 0.3) is 0 Å². The van der Waals surface area contributed by atoms with Crippen molar-refractivity contribution in [3.8, 4) is 0 Å². The van der Waals surface area contributed by atoms with E-state index in [2.05, 4.69) is 16.7 Å². The molecule has 4 nitrogen and oxygen atoms in total. The van der Waals surface area contributed by atoms with Crippen molar-refractivity contribution < 1.29 is 31.1 Å². The largest absolute Gasteiger partial charge is 0.674 e. The van der Waals surface area contributed by atoms with E-state index in [1.165, 1.54) is 0 Å². The van der Waals surface area contributed by atoms with Crippen LogP contribution in [0.25, 0.3) is 5.73 Å². The molecule has 0 rings (SSSR count). The first-order valence-electron chi connectivity index (χ1n) is 4.26. The summed E-state index contributed by atoms with van der Waals surface area (Å²) in [5.74, 6) is 0.661. The summed E-state index contributed by atoms with van der Waals surface area (Å²) in [5, 5.41) is 0. The molecular formula is C9H17N4U-. The smallest absolute Gasteiger partial charge is 0.0933 e.